The molecule has 2 aliphatic rings. The molecule has 0 nitrogen and oxygen atoms in total. The molecule has 2 saturated carbocycles. The van der Waals surface area contributed by atoms with Crippen LogP contribution in [-0.4, -0.2) is 0 Å². The van der Waals surface area contributed by atoms with Crippen molar-refractivity contribution in [2.75, 3.05) is 0 Å². The number of hydrogen-bond acceptors (Lipinski definition) is 0. The van der Waals surface area contributed by atoms with E-state index in [0.29, 0.717) is 11.5 Å². The summed E-state index contributed by atoms with van der Waals surface area (Å²) in [6.45, 7) is 2.33. The van der Waals surface area contributed by atoms with Crippen molar-refractivity contribution in [2.24, 2.45) is 17.8 Å². The molecule has 1 aromatic carbocycles. The molecule has 3 rings (SSSR count). The van der Waals surface area contributed by atoms with Gasteiger partial charge in [0, 0.05) is 6.08 Å². The lowest BCUT2D eigenvalue weighted by Gasteiger charge is -2.38. The Labute approximate surface area is 145 Å². The zero-order valence-electron chi connectivity index (χ0n) is 14.8. The molecule has 0 aliphatic heterocycles. The summed E-state index contributed by atoms with van der Waals surface area (Å²) in [6.07, 6.45) is 11.7. The SMILES string of the molecule is CCC1CCC(C2CCC(c3ccc(C=C(F)F)cc3)CC2)CC1. The van der Waals surface area contributed by atoms with Crippen LogP contribution in [0.1, 0.15) is 81.8 Å². The van der Waals surface area contributed by atoms with Crippen molar-refractivity contribution in [3.8, 4) is 0 Å². The maximum absolute atomic E-state index is 12.3. The summed E-state index contributed by atoms with van der Waals surface area (Å²) in [5.74, 6) is 3.51. The Balaban J connectivity index is 1.51. The molecule has 0 atom stereocenters. The summed E-state index contributed by atoms with van der Waals surface area (Å²) in [7, 11) is 0. The predicted octanol–water partition coefficient (Wildman–Crippen LogP) is 7.41. The van der Waals surface area contributed by atoms with E-state index >= 15 is 0 Å². The van der Waals surface area contributed by atoms with Crippen molar-refractivity contribution >= 4 is 6.08 Å². The minimum atomic E-state index is -1.62. The van der Waals surface area contributed by atoms with Crippen LogP contribution in [0.5, 0.6) is 0 Å². The van der Waals surface area contributed by atoms with Gasteiger partial charge in [-0.25, -0.2) is 0 Å². The van der Waals surface area contributed by atoms with Crippen LogP contribution in [0.2, 0.25) is 0 Å². The lowest BCUT2D eigenvalue weighted by Crippen LogP contribution is -2.25. The first-order valence-corrected chi connectivity index (χ1v) is 9.78. The van der Waals surface area contributed by atoms with Gasteiger partial charge in [0.2, 0.25) is 0 Å². The summed E-state index contributed by atoms with van der Waals surface area (Å²) in [5, 5.41) is 0. The molecular formula is C22H30F2. The Bertz CT molecular complexity index is 526. The van der Waals surface area contributed by atoms with E-state index in [9.17, 15) is 8.78 Å². The predicted molar refractivity (Wildman–Crippen MR) is 97.1 cm³/mol. The Morgan fingerprint density at radius 2 is 1.42 bits per heavy atom. The van der Waals surface area contributed by atoms with Gasteiger partial charge in [0.05, 0.1) is 0 Å². The highest BCUT2D eigenvalue weighted by atomic mass is 19.3. The van der Waals surface area contributed by atoms with E-state index < -0.39 is 6.08 Å². The highest BCUT2D eigenvalue weighted by Gasteiger charge is 2.30. The Kier molecular flexibility index (Phi) is 6.08. The van der Waals surface area contributed by atoms with Crippen LogP contribution in [-0.2, 0) is 0 Å². The van der Waals surface area contributed by atoms with E-state index in [-0.39, 0.29) is 0 Å². The molecule has 0 aromatic heterocycles. The molecule has 1 aromatic rings. The normalized spacial score (nSPS) is 30.8. The third kappa shape index (κ3) is 4.46. The molecule has 0 saturated heterocycles. The maximum Gasteiger partial charge on any atom is 0.270 e. The molecule has 2 fully saturated rings. The van der Waals surface area contributed by atoms with E-state index in [0.717, 1.165) is 23.8 Å². The number of benzene rings is 1. The van der Waals surface area contributed by atoms with Crippen LogP contribution >= 0.6 is 0 Å². The van der Waals surface area contributed by atoms with E-state index in [1.165, 1.54) is 63.4 Å². The highest BCUT2D eigenvalue weighted by molar-refractivity contribution is 5.50. The van der Waals surface area contributed by atoms with Gasteiger partial charge in [-0.2, -0.15) is 8.78 Å². The van der Waals surface area contributed by atoms with Crippen LogP contribution in [0.4, 0.5) is 8.78 Å². The number of halogens is 2. The fourth-order valence-electron chi connectivity index (χ4n) is 4.98. The second kappa shape index (κ2) is 8.27. The molecule has 0 radical (unpaired) electrons. The van der Waals surface area contributed by atoms with Crippen LogP contribution in [0.25, 0.3) is 6.08 Å². The zero-order valence-corrected chi connectivity index (χ0v) is 14.8. The van der Waals surface area contributed by atoms with E-state index in [1.54, 1.807) is 0 Å². The van der Waals surface area contributed by atoms with E-state index in [2.05, 4.69) is 6.92 Å². The van der Waals surface area contributed by atoms with Gasteiger partial charge >= 0.3 is 0 Å². The van der Waals surface area contributed by atoms with Gasteiger partial charge in [0.15, 0.2) is 0 Å². The minimum absolute atomic E-state index is 0.597. The van der Waals surface area contributed by atoms with Crippen molar-refractivity contribution in [1.29, 1.82) is 0 Å². The Hall–Kier alpha value is -1.18. The van der Waals surface area contributed by atoms with Gasteiger partial charge in [0.1, 0.15) is 0 Å². The third-order valence-electron chi connectivity index (χ3n) is 6.59. The molecule has 132 valence electrons. The van der Waals surface area contributed by atoms with Gasteiger partial charge in [-0.3, -0.25) is 0 Å². The number of rotatable bonds is 4. The number of hydrogen-bond donors (Lipinski definition) is 0. The molecular weight excluding hydrogens is 302 g/mol. The lowest BCUT2D eigenvalue weighted by atomic mass is 9.68. The summed E-state index contributed by atoms with van der Waals surface area (Å²) < 4.78 is 24.6. The molecule has 2 heteroatoms. The molecule has 0 spiro atoms. The third-order valence-corrected chi connectivity index (χ3v) is 6.59. The van der Waals surface area contributed by atoms with Gasteiger partial charge in [0.25, 0.3) is 6.08 Å². The van der Waals surface area contributed by atoms with E-state index in [4.69, 9.17) is 0 Å². The summed E-state index contributed by atoms with van der Waals surface area (Å²) in [6, 6.07) is 7.75. The van der Waals surface area contributed by atoms with Crippen molar-refractivity contribution in [2.45, 2.75) is 70.6 Å². The van der Waals surface area contributed by atoms with Crippen molar-refractivity contribution in [1.82, 2.24) is 0 Å². The molecule has 0 amide bonds. The minimum Gasteiger partial charge on any atom is -0.173 e. The van der Waals surface area contributed by atoms with Gasteiger partial charge in [-0.05, 0) is 73.3 Å². The standard InChI is InChI=1S/C22H30F2/c1-2-16-3-7-18(8-4-16)20-11-13-21(14-12-20)19-9-5-17(6-10-19)15-22(23)24/h5-6,9-10,15-16,18,20-21H,2-4,7-8,11-14H2,1H3. The zero-order chi connectivity index (χ0) is 16.9. The molecule has 0 heterocycles. The van der Waals surface area contributed by atoms with Crippen LogP contribution < -0.4 is 0 Å². The summed E-state index contributed by atoms with van der Waals surface area (Å²) in [4.78, 5) is 0. The first kappa shape index (κ1) is 17.6. The van der Waals surface area contributed by atoms with Gasteiger partial charge in [-0.1, -0.05) is 50.5 Å². The Morgan fingerprint density at radius 1 is 0.875 bits per heavy atom. The first-order chi connectivity index (χ1) is 11.7. The largest absolute Gasteiger partial charge is 0.270 e. The highest BCUT2D eigenvalue weighted by Crippen LogP contribution is 2.44. The smallest absolute Gasteiger partial charge is 0.173 e. The summed E-state index contributed by atoms with van der Waals surface area (Å²) >= 11 is 0. The van der Waals surface area contributed by atoms with Gasteiger partial charge < -0.3 is 0 Å². The van der Waals surface area contributed by atoms with Crippen LogP contribution in [0, 0.1) is 17.8 Å². The second-order valence-corrected chi connectivity index (χ2v) is 7.90. The second-order valence-electron chi connectivity index (χ2n) is 7.90. The fourth-order valence-corrected chi connectivity index (χ4v) is 4.98. The first-order valence-electron chi connectivity index (χ1n) is 9.78. The molecule has 0 unspecified atom stereocenters. The maximum atomic E-state index is 12.3. The van der Waals surface area contributed by atoms with Crippen LogP contribution in [0.15, 0.2) is 30.3 Å². The lowest BCUT2D eigenvalue weighted by molar-refractivity contribution is 0.158. The molecule has 24 heavy (non-hydrogen) atoms. The monoisotopic (exact) mass is 332 g/mol. The van der Waals surface area contributed by atoms with Crippen LogP contribution in [0.3, 0.4) is 0 Å². The van der Waals surface area contributed by atoms with Crippen molar-refractivity contribution in [3.63, 3.8) is 0 Å². The quantitative estimate of drug-likeness (QED) is 0.538. The average Bonchev–Trinajstić information content (AvgIpc) is 2.62. The Morgan fingerprint density at radius 3 is 1.92 bits per heavy atom. The van der Waals surface area contributed by atoms with E-state index in [1.807, 2.05) is 24.3 Å². The molecule has 0 bridgehead atoms. The average molecular weight is 332 g/mol. The van der Waals surface area contributed by atoms with Crippen molar-refractivity contribution < 1.29 is 8.78 Å². The topological polar surface area (TPSA) is 0 Å². The fraction of sp³-hybridized carbons (Fsp3) is 0.636. The van der Waals surface area contributed by atoms with Crippen molar-refractivity contribution in [3.05, 3.63) is 41.5 Å². The molecule has 0 N–H and O–H groups in total. The van der Waals surface area contributed by atoms with Gasteiger partial charge in [-0.15, -0.1) is 0 Å². The molecule has 2 aliphatic carbocycles. The summed E-state index contributed by atoms with van der Waals surface area (Å²) in [5.41, 5.74) is 1.93.